The second kappa shape index (κ2) is 4.79. The second-order valence-electron chi connectivity index (χ2n) is 4.60. The number of rotatable bonds is 4. The summed E-state index contributed by atoms with van der Waals surface area (Å²) in [7, 11) is 0. The number of hydrogen-bond donors (Lipinski definition) is 0. The molecule has 4 amide bonds. The summed E-state index contributed by atoms with van der Waals surface area (Å²) in [5.74, 6) is -1.29. The van der Waals surface area contributed by atoms with Crippen molar-refractivity contribution in [3.8, 4) is 0 Å². The van der Waals surface area contributed by atoms with Crippen molar-refractivity contribution >= 4 is 23.6 Å². The van der Waals surface area contributed by atoms with Gasteiger partial charge in [0.25, 0.3) is 23.6 Å². The molecular weight excluding hydrogens is 248 g/mol. The van der Waals surface area contributed by atoms with Gasteiger partial charge < -0.3 is 0 Å². The average Bonchev–Trinajstić information content (AvgIpc) is 2.72. The minimum Gasteiger partial charge on any atom is -0.275 e. The first kappa shape index (κ1) is 13.2. The molecule has 6 heteroatoms. The standard InChI is InChI=1S/C13H14N2O4/c1-8-6-10(16)14(12(8)18)4-3-5-15-11(17)7-9(2)13(15)19/h6-7H,3-5H2,1-2H3. The summed E-state index contributed by atoms with van der Waals surface area (Å²) >= 11 is 0. The number of imide groups is 2. The smallest absolute Gasteiger partial charge is 0.256 e. The average molecular weight is 262 g/mol. The Morgan fingerprint density at radius 2 is 1.16 bits per heavy atom. The molecule has 0 aromatic heterocycles. The molecular formula is C13H14N2O4. The minimum absolute atomic E-state index is 0.210. The van der Waals surface area contributed by atoms with E-state index in [0.717, 1.165) is 9.80 Å². The highest BCUT2D eigenvalue weighted by Gasteiger charge is 2.30. The van der Waals surface area contributed by atoms with E-state index in [4.69, 9.17) is 0 Å². The fraction of sp³-hybridized carbons (Fsp3) is 0.385. The van der Waals surface area contributed by atoms with Crippen LogP contribution in [-0.4, -0.2) is 46.5 Å². The lowest BCUT2D eigenvalue weighted by atomic mass is 10.3. The molecule has 0 unspecified atom stereocenters. The van der Waals surface area contributed by atoms with Gasteiger partial charge in [-0.3, -0.25) is 29.0 Å². The van der Waals surface area contributed by atoms with E-state index in [9.17, 15) is 19.2 Å². The van der Waals surface area contributed by atoms with Crippen LogP contribution in [-0.2, 0) is 19.2 Å². The Morgan fingerprint density at radius 1 is 0.789 bits per heavy atom. The highest BCUT2D eigenvalue weighted by molar-refractivity contribution is 6.16. The van der Waals surface area contributed by atoms with Crippen LogP contribution >= 0.6 is 0 Å². The quantitative estimate of drug-likeness (QED) is 0.669. The highest BCUT2D eigenvalue weighted by Crippen LogP contribution is 2.15. The molecule has 100 valence electrons. The van der Waals surface area contributed by atoms with Gasteiger partial charge in [0.1, 0.15) is 0 Å². The Labute approximate surface area is 110 Å². The van der Waals surface area contributed by atoms with Crippen LogP contribution in [0.25, 0.3) is 0 Å². The molecule has 6 nitrogen and oxygen atoms in total. The zero-order valence-corrected chi connectivity index (χ0v) is 10.8. The van der Waals surface area contributed by atoms with Crippen LogP contribution in [0.5, 0.6) is 0 Å². The molecule has 0 aromatic carbocycles. The molecule has 0 N–H and O–H groups in total. The lowest BCUT2D eigenvalue weighted by Gasteiger charge is -2.18. The maximum atomic E-state index is 11.6. The number of amides is 4. The van der Waals surface area contributed by atoms with Crippen molar-refractivity contribution in [3.63, 3.8) is 0 Å². The molecule has 0 bridgehead atoms. The molecule has 0 spiro atoms. The van der Waals surface area contributed by atoms with Crippen molar-refractivity contribution in [3.05, 3.63) is 23.3 Å². The van der Waals surface area contributed by atoms with Crippen LogP contribution in [0.1, 0.15) is 20.3 Å². The van der Waals surface area contributed by atoms with Crippen molar-refractivity contribution in [1.82, 2.24) is 9.80 Å². The lowest BCUT2D eigenvalue weighted by Crippen LogP contribution is -2.36. The third kappa shape index (κ3) is 2.33. The highest BCUT2D eigenvalue weighted by atomic mass is 16.2. The van der Waals surface area contributed by atoms with Gasteiger partial charge in [-0.1, -0.05) is 0 Å². The number of hydrogen-bond acceptors (Lipinski definition) is 4. The van der Waals surface area contributed by atoms with E-state index in [1.165, 1.54) is 12.2 Å². The number of carbonyl (C=O) groups is 4. The SMILES string of the molecule is CC1=CC(=O)N(CCCN2C(=O)C=C(C)C2=O)C1=O. The molecule has 0 saturated carbocycles. The van der Waals surface area contributed by atoms with Gasteiger partial charge in [0.15, 0.2) is 0 Å². The largest absolute Gasteiger partial charge is 0.275 e. The minimum atomic E-state index is -0.337. The van der Waals surface area contributed by atoms with E-state index in [1.54, 1.807) is 13.8 Å². The molecule has 0 aromatic rings. The van der Waals surface area contributed by atoms with E-state index in [2.05, 4.69) is 0 Å². The predicted octanol–water partition coefficient (Wildman–Crippen LogP) is 0.00670. The van der Waals surface area contributed by atoms with E-state index >= 15 is 0 Å². The summed E-state index contributed by atoms with van der Waals surface area (Å²) in [5.41, 5.74) is 0.826. The van der Waals surface area contributed by atoms with Crippen molar-refractivity contribution in [1.29, 1.82) is 0 Å². The molecule has 2 aliphatic heterocycles. The first-order valence-corrected chi connectivity index (χ1v) is 6.00. The Morgan fingerprint density at radius 3 is 1.42 bits per heavy atom. The summed E-state index contributed by atoms with van der Waals surface area (Å²) in [5, 5.41) is 0. The van der Waals surface area contributed by atoms with E-state index < -0.39 is 0 Å². The van der Waals surface area contributed by atoms with Gasteiger partial charge in [0.2, 0.25) is 0 Å². The molecule has 0 radical (unpaired) electrons. The van der Waals surface area contributed by atoms with Crippen molar-refractivity contribution in [2.24, 2.45) is 0 Å². The van der Waals surface area contributed by atoms with Gasteiger partial charge in [-0.15, -0.1) is 0 Å². The third-order valence-corrected chi connectivity index (χ3v) is 3.14. The Balaban J connectivity index is 1.86. The zero-order valence-electron chi connectivity index (χ0n) is 10.8. The van der Waals surface area contributed by atoms with E-state index in [1.807, 2.05) is 0 Å². The predicted molar refractivity (Wildman–Crippen MR) is 65.6 cm³/mol. The van der Waals surface area contributed by atoms with Crippen LogP contribution in [0.4, 0.5) is 0 Å². The van der Waals surface area contributed by atoms with Gasteiger partial charge in [-0.25, -0.2) is 0 Å². The van der Waals surface area contributed by atoms with Gasteiger partial charge in [-0.05, 0) is 20.3 Å². The number of carbonyl (C=O) groups excluding carboxylic acids is 4. The van der Waals surface area contributed by atoms with Gasteiger partial charge >= 0.3 is 0 Å². The fourth-order valence-electron chi connectivity index (χ4n) is 2.09. The molecule has 0 fully saturated rings. The van der Waals surface area contributed by atoms with Crippen LogP contribution < -0.4 is 0 Å². The van der Waals surface area contributed by atoms with Gasteiger partial charge in [-0.2, -0.15) is 0 Å². The van der Waals surface area contributed by atoms with Crippen molar-refractivity contribution < 1.29 is 19.2 Å². The number of nitrogens with zero attached hydrogens (tertiary/aromatic N) is 2. The first-order chi connectivity index (χ1) is 8.91. The molecule has 0 aliphatic carbocycles. The topological polar surface area (TPSA) is 74.8 Å². The summed E-state index contributed by atoms with van der Waals surface area (Å²) in [6, 6.07) is 0. The molecule has 2 heterocycles. The fourth-order valence-corrected chi connectivity index (χ4v) is 2.09. The van der Waals surface area contributed by atoms with E-state index in [-0.39, 0.29) is 36.7 Å². The zero-order chi connectivity index (χ0) is 14.2. The molecule has 2 aliphatic rings. The Bertz CT molecular complexity index is 497. The van der Waals surface area contributed by atoms with Gasteiger partial charge in [0.05, 0.1) is 0 Å². The summed E-state index contributed by atoms with van der Waals surface area (Å²) in [4.78, 5) is 48.4. The maximum absolute atomic E-state index is 11.6. The van der Waals surface area contributed by atoms with Gasteiger partial charge in [0, 0.05) is 36.4 Å². The Kier molecular flexibility index (Phi) is 3.33. The van der Waals surface area contributed by atoms with Crippen molar-refractivity contribution in [2.45, 2.75) is 20.3 Å². The van der Waals surface area contributed by atoms with Crippen molar-refractivity contribution in [2.75, 3.05) is 13.1 Å². The molecule has 2 rings (SSSR count). The maximum Gasteiger partial charge on any atom is 0.256 e. The Hall–Kier alpha value is -2.24. The normalized spacial score (nSPS) is 19.5. The van der Waals surface area contributed by atoms with Crippen LogP contribution in [0.15, 0.2) is 23.3 Å². The van der Waals surface area contributed by atoms with Crippen LogP contribution in [0.3, 0.4) is 0 Å². The molecule has 19 heavy (non-hydrogen) atoms. The monoisotopic (exact) mass is 262 g/mol. The summed E-state index contributed by atoms with van der Waals surface area (Å²) in [6.07, 6.45) is 2.97. The lowest BCUT2D eigenvalue weighted by molar-refractivity contribution is -0.137. The molecule has 0 saturated heterocycles. The summed E-state index contributed by atoms with van der Waals surface area (Å²) < 4.78 is 0. The molecule has 0 atom stereocenters. The van der Waals surface area contributed by atoms with Crippen LogP contribution in [0, 0.1) is 0 Å². The third-order valence-electron chi connectivity index (χ3n) is 3.14. The van der Waals surface area contributed by atoms with E-state index in [0.29, 0.717) is 17.6 Å². The van der Waals surface area contributed by atoms with Crippen LogP contribution in [0.2, 0.25) is 0 Å². The first-order valence-electron chi connectivity index (χ1n) is 6.00. The second-order valence-corrected chi connectivity index (χ2v) is 4.60. The summed E-state index contributed by atoms with van der Waals surface area (Å²) in [6.45, 7) is 3.59.